The molecule has 0 bridgehead atoms. The minimum Gasteiger partial charge on any atom is -0.387 e. The number of anilines is 2. The second-order valence-corrected chi connectivity index (χ2v) is 9.85. The predicted octanol–water partition coefficient (Wildman–Crippen LogP) is 2.54. The molecule has 1 atom stereocenters. The van der Waals surface area contributed by atoms with Gasteiger partial charge in [-0.2, -0.15) is 5.10 Å². The molecule has 0 spiro atoms. The molecule has 36 heavy (non-hydrogen) atoms. The summed E-state index contributed by atoms with van der Waals surface area (Å²) in [5, 5.41) is 17.3. The van der Waals surface area contributed by atoms with Crippen molar-refractivity contribution >= 4 is 40.4 Å². The molecule has 2 aromatic heterocycles. The second kappa shape index (κ2) is 9.30. The number of alkyl halides is 1. The third-order valence-electron chi connectivity index (χ3n) is 6.43. The van der Waals surface area contributed by atoms with Crippen LogP contribution in [0.25, 0.3) is 5.65 Å². The molecule has 0 aliphatic carbocycles. The molecule has 190 valence electrons. The third kappa shape index (κ3) is 4.61. The highest BCUT2D eigenvalue weighted by molar-refractivity contribution is 6.29. The number of nitrogens with one attached hydrogen (secondary N) is 1. The largest absolute Gasteiger partial charge is 0.387 e. The highest BCUT2D eigenvalue weighted by Crippen LogP contribution is 2.36. The van der Waals surface area contributed by atoms with Crippen molar-refractivity contribution in [2.75, 3.05) is 43.1 Å². The molecule has 10 nitrogen and oxygen atoms in total. The SMILES string of the molecule is CC(C)(O)C(F)CN1Cc2cc(NC(=O)c3cnn4ccc(Cl)nc34)c(N3CCOCC3)cc2C1=O. The molecule has 3 aromatic rings. The van der Waals surface area contributed by atoms with E-state index < -0.39 is 17.7 Å². The fourth-order valence-electron chi connectivity index (χ4n) is 4.34. The van der Waals surface area contributed by atoms with Crippen LogP contribution in [0.5, 0.6) is 0 Å². The topological polar surface area (TPSA) is 112 Å². The first-order valence-corrected chi connectivity index (χ1v) is 12.0. The Bertz CT molecular complexity index is 1330. The van der Waals surface area contributed by atoms with Gasteiger partial charge in [0.25, 0.3) is 11.8 Å². The van der Waals surface area contributed by atoms with Gasteiger partial charge in [-0.15, -0.1) is 0 Å². The van der Waals surface area contributed by atoms with E-state index in [1.165, 1.54) is 29.5 Å². The summed E-state index contributed by atoms with van der Waals surface area (Å²) in [4.78, 5) is 34.0. The molecule has 1 saturated heterocycles. The normalized spacial score (nSPS) is 17.0. The van der Waals surface area contributed by atoms with Crippen molar-refractivity contribution in [3.63, 3.8) is 0 Å². The summed E-state index contributed by atoms with van der Waals surface area (Å²) in [6.45, 7) is 4.87. The minimum absolute atomic E-state index is 0.171. The lowest BCUT2D eigenvalue weighted by molar-refractivity contribution is -0.0159. The summed E-state index contributed by atoms with van der Waals surface area (Å²) < 4.78 is 21.5. The van der Waals surface area contributed by atoms with E-state index in [1.54, 1.807) is 24.4 Å². The van der Waals surface area contributed by atoms with E-state index in [4.69, 9.17) is 16.3 Å². The van der Waals surface area contributed by atoms with E-state index in [9.17, 15) is 19.1 Å². The number of amides is 2. The van der Waals surface area contributed by atoms with Crippen LogP contribution >= 0.6 is 11.6 Å². The number of aliphatic hydroxyl groups is 1. The molecule has 1 fully saturated rings. The van der Waals surface area contributed by atoms with Gasteiger partial charge in [0, 0.05) is 31.4 Å². The van der Waals surface area contributed by atoms with Crippen LogP contribution < -0.4 is 10.2 Å². The number of nitrogens with zero attached hydrogens (tertiary/aromatic N) is 5. The molecular weight excluding hydrogens is 491 g/mol. The van der Waals surface area contributed by atoms with E-state index in [2.05, 4.69) is 15.4 Å². The van der Waals surface area contributed by atoms with Gasteiger partial charge in [0.1, 0.15) is 16.9 Å². The van der Waals surface area contributed by atoms with Gasteiger partial charge in [-0.3, -0.25) is 9.59 Å². The maximum absolute atomic E-state index is 14.5. The van der Waals surface area contributed by atoms with Crippen LogP contribution in [0.4, 0.5) is 15.8 Å². The first kappa shape index (κ1) is 24.4. The molecule has 2 aliphatic heterocycles. The predicted molar refractivity (Wildman–Crippen MR) is 131 cm³/mol. The van der Waals surface area contributed by atoms with Gasteiger partial charge in [-0.1, -0.05) is 11.6 Å². The van der Waals surface area contributed by atoms with Crippen LogP contribution in [-0.4, -0.2) is 81.0 Å². The molecule has 12 heteroatoms. The minimum atomic E-state index is -1.61. The summed E-state index contributed by atoms with van der Waals surface area (Å²) in [5.74, 6) is -0.744. The average molecular weight is 517 g/mol. The Morgan fingerprint density at radius 2 is 2.08 bits per heavy atom. The number of rotatable bonds is 6. The highest BCUT2D eigenvalue weighted by atomic mass is 35.5. The summed E-state index contributed by atoms with van der Waals surface area (Å²) in [5.41, 5.74) is 1.28. The van der Waals surface area contributed by atoms with Crippen molar-refractivity contribution in [2.45, 2.75) is 32.2 Å². The van der Waals surface area contributed by atoms with Crippen molar-refractivity contribution in [2.24, 2.45) is 0 Å². The van der Waals surface area contributed by atoms with Crippen molar-refractivity contribution in [1.82, 2.24) is 19.5 Å². The number of morpholine rings is 1. The number of hydrogen-bond acceptors (Lipinski definition) is 7. The van der Waals surface area contributed by atoms with Gasteiger partial charge in [0.15, 0.2) is 5.65 Å². The van der Waals surface area contributed by atoms with Gasteiger partial charge in [0.05, 0.1) is 42.9 Å². The average Bonchev–Trinajstić information content (AvgIpc) is 3.39. The number of hydrogen-bond donors (Lipinski definition) is 2. The second-order valence-electron chi connectivity index (χ2n) is 9.46. The van der Waals surface area contributed by atoms with Crippen molar-refractivity contribution in [3.05, 3.63) is 52.4 Å². The lowest BCUT2D eigenvalue weighted by Crippen LogP contribution is -2.42. The number of halogens is 2. The maximum atomic E-state index is 14.5. The van der Waals surface area contributed by atoms with Crippen LogP contribution in [0.1, 0.15) is 40.1 Å². The first-order chi connectivity index (χ1) is 17.1. The van der Waals surface area contributed by atoms with Crippen LogP contribution in [-0.2, 0) is 11.3 Å². The van der Waals surface area contributed by atoms with Crippen LogP contribution in [0.3, 0.4) is 0 Å². The van der Waals surface area contributed by atoms with Crippen molar-refractivity contribution < 1.29 is 23.8 Å². The molecule has 2 amide bonds. The van der Waals surface area contributed by atoms with Gasteiger partial charge in [0.2, 0.25) is 0 Å². The van der Waals surface area contributed by atoms with Crippen LogP contribution in [0.15, 0.2) is 30.6 Å². The lowest BCUT2D eigenvalue weighted by atomic mass is 10.0. The van der Waals surface area contributed by atoms with Crippen LogP contribution in [0.2, 0.25) is 5.15 Å². The maximum Gasteiger partial charge on any atom is 0.261 e. The Morgan fingerprint density at radius 3 is 2.81 bits per heavy atom. The lowest BCUT2D eigenvalue weighted by Gasteiger charge is -2.31. The molecule has 2 aliphatic rings. The molecule has 5 rings (SSSR count). The highest BCUT2D eigenvalue weighted by Gasteiger charge is 2.35. The fourth-order valence-corrected chi connectivity index (χ4v) is 4.47. The Labute approximate surface area is 211 Å². The van der Waals surface area contributed by atoms with E-state index in [0.717, 1.165) is 0 Å². The molecule has 4 heterocycles. The monoisotopic (exact) mass is 516 g/mol. The van der Waals surface area contributed by atoms with Crippen molar-refractivity contribution in [1.29, 1.82) is 0 Å². The number of carbonyl (C=O) groups excluding carboxylic acids is 2. The number of fused-ring (bicyclic) bond motifs is 2. The first-order valence-electron chi connectivity index (χ1n) is 11.6. The van der Waals surface area contributed by atoms with Gasteiger partial charge in [-0.05, 0) is 37.6 Å². The quantitative estimate of drug-likeness (QED) is 0.484. The zero-order chi connectivity index (χ0) is 25.6. The van der Waals surface area contributed by atoms with Gasteiger partial charge in [-0.25, -0.2) is 13.9 Å². The molecule has 1 aromatic carbocycles. The van der Waals surface area contributed by atoms with E-state index in [1.807, 2.05) is 4.90 Å². The molecule has 0 radical (unpaired) electrons. The van der Waals surface area contributed by atoms with Gasteiger partial charge >= 0.3 is 0 Å². The summed E-state index contributed by atoms with van der Waals surface area (Å²) in [7, 11) is 0. The Kier molecular flexibility index (Phi) is 6.31. The molecule has 2 N–H and O–H groups in total. The number of benzene rings is 1. The van der Waals surface area contributed by atoms with E-state index in [-0.39, 0.29) is 29.7 Å². The smallest absolute Gasteiger partial charge is 0.261 e. The summed E-state index contributed by atoms with van der Waals surface area (Å²) in [6.07, 6.45) is 1.42. The Balaban J connectivity index is 1.48. The van der Waals surface area contributed by atoms with Gasteiger partial charge < -0.3 is 25.0 Å². The fraction of sp³-hybridized carbons (Fsp3) is 0.417. The zero-order valence-electron chi connectivity index (χ0n) is 19.9. The number of ether oxygens (including phenoxy) is 1. The van der Waals surface area contributed by atoms with Crippen LogP contribution in [0, 0.1) is 0 Å². The zero-order valence-corrected chi connectivity index (χ0v) is 20.6. The Hall–Kier alpha value is -3.28. The molecule has 1 unspecified atom stereocenters. The molecule has 0 saturated carbocycles. The third-order valence-corrected chi connectivity index (χ3v) is 6.64. The standard InChI is InChI=1S/C24H26ClFN6O4/c1-24(2,35)19(26)13-31-12-14-9-17(18(10-15(14)23(31)34)30-5-7-36-8-6-30)28-22(33)16-11-27-32-4-3-20(25)29-21(16)32/h3-4,9-11,19,35H,5-8,12-13H2,1-2H3,(H,28,33). The summed E-state index contributed by atoms with van der Waals surface area (Å²) >= 11 is 6.01. The van der Waals surface area contributed by atoms with E-state index in [0.29, 0.717) is 54.5 Å². The summed E-state index contributed by atoms with van der Waals surface area (Å²) in [6, 6.07) is 5.06. The Morgan fingerprint density at radius 1 is 1.33 bits per heavy atom. The number of carbonyl (C=O) groups is 2. The van der Waals surface area contributed by atoms with E-state index >= 15 is 0 Å². The molecular formula is C24H26ClFN6O4. The van der Waals surface area contributed by atoms with Crippen molar-refractivity contribution in [3.8, 4) is 0 Å². The number of aromatic nitrogens is 3.